The van der Waals surface area contributed by atoms with E-state index in [0.29, 0.717) is 22.3 Å². The highest BCUT2D eigenvalue weighted by Crippen LogP contribution is 2.28. The Morgan fingerprint density at radius 2 is 1.86 bits per heavy atom. The maximum atomic E-state index is 12.4. The molecule has 1 heterocycles. The largest absolute Gasteiger partial charge is 0.465 e. The molecule has 1 aliphatic rings. The van der Waals surface area contributed by atoms with Gasteiger partial charge in [-0.3, -0.25) is 4.79 Å². The fourth-order valence-electron chi connectivity index (χ4n) is 2.37. The van der Waals surface area contributed by atoms with Gasteiger partial charge in [0, 0.05) is 5.56 Å². The monoisotopic (exact) mass is 305 g/mol. The van der Waals surface area contributed by atoms with Crippen molar-refractivity contribution in [1.82, 2.24) is 4.90 Å². The highest BCUT2D eigenvalue weighted by Gasteiger charge is 2.36. The fraction of sp³-hybridized carbons (Fsp3) is 0.438. The smallest absolute Gasteiger partial charge is 0.417 e. The number of methoxy groups -OCH3 is 1. The van der Waals surface area contributed by atoms with Crippen LogP contribution in [0.5, 0.6) is 0 Å². The number of imide groups is 1. The summed E-state index contributed by atoms with van der Waals surface area (Å²) in [4.78, 5) is 37.2. The quantitative estimate of drug-likeness (QED) is 0.746. The fourth-order valence-corrected chi connectivity index (χ4v) is 2.37. The van der Waals surface area contributed by atoms with E-state index in [1.54, 1.807) is 39.8 Å². The van der Waals surface area contributed by atoms with Crippen LogP contribution >= 0.6 is 0 Å². The van der Waals surface area contributed by atoms with Crippen molar-refractivity contribution in [2.24, 2.45) is 0 Å². The van der Waals surface area contributed by atoms with Crippen LogP contribution < -0.4 is 0 Å². The van der Waals surface area contributed by atoms with Gasteiger partial charge in [0.15, 0.2) is 0 Å². The Morgan fingerprint density at radius 1 is 1.23 bits per heavy atom. The molecule has 0 aromatic heterocycles. The first-order valence-electron chi connectivity index (χ1n) is 6.90. The number of amides is 2. The minimum atomic E-state index is -0.687. The van der Waals surface area contributed by atoms with Gasteiger partial charge in [0.05, 0.1) is 19.2 Å². The second-order valence-corrected chi connectivity index (χ2v) is 6.19. The van der Waals surface area contributed by atoms with E-state index in [1.165, 1.54) is 7.11 Å². The molecule has 0 saturated carbocycles. The predicted octanol–water partition coefficient (Wildman–Crippen LogP) is 2.67. The number of carbonyl (C=O) groups is 3. The van der Waals surface area contributed by atoms with Gasteiger partial charge in [0.25, 0.3) is 5.91 Å². The molecule has 6 heteroatoms. The zero-order valence-corrected chi connectivity index (χ0v) is 13.4. The summed E-state index contributed by atoms with van der Waals surface area (Å²) >= 11 is 0. The van der Waals surface area contributed by atoms with E-state index in [4.69, 9.17) is 4.74 Å². The minimum Gasteiger partial charge on any atom is -0.465 e. The third kappa shape index (κ3) is 2.95. The molecule has 0 atom stereocenters. The average Bonchev–Trinajstić information content (AvgIpc) is 2.73. The lowest BCUT2D eigenvalue weighted by molar-refractivity contribution is 0.0247. The number of aryl methyl sites for hydroxylation is 1. The van der Waals surface area contributed by atoms with E-state index in [0.717, 1.165) is 4.90 Å². The molecule has 0 N–H and O–H groups in total. The number of rotatable bonds is 1. The SMILES string of the molecule is COC(=O)c1cc(C)c2c(c1)CN(C(=O)OC(C)(C)C)C2=O. The minimum absolute atomic E-state index is 0.0920. The second kappa shape index (κ2) is 5.44. The normalized spacial score (nSPS) is 13.9. The molecule has 1 aromatic carbocycles. The molecule has 22 heavy (non-hydrogen) atoms. The lowest BCUT2D eigenvalue weighted by Crippen LogP contribution is -2.37. The third-order valence-corrected chi connectivity index (χ3v) is 3.24. The highest BCUT2D eigenvalue weighted by molar-refractivity contribution is 6.08. The highest BCUT2D eigenvalue weighted by atomic mass is 16.6. The van der Waals surface area contributed by atoms with Crippen molar-refractivity contribution in [3.8, 4) is 0 Å². The van der Waals surface area contributed by atoms with Gasteiger partial charge < -0.3 is 9.47 Å². The van der Waals surface area contributed by atoms with Crippen LogP contribution in [-0.2, 0) is 16.0 Å². The number of hydrogen-bond acceptors (Lipinski definition) is 5. The number of nitrogens with zero attached hydrogens (tertiary/aromatic N) is 1. The maximum absolute atomic E-state index is 12.4. The molecule has 1 aromatic rings. The zero-order valence-electron chi connectivity index (χ0n) is 13.4. The summed E-state index contributed by atoms with van der Waals surface area (Å²) in [7, 11) is 1.29. The van der Waals surface area contributed by atoms with E-state index in [1.807, 2.05) is 0 Å². The van der Waals surface area contributed by atoms with Crippen LogP contribution in [0.1, 0.15) is 52.6 Å². The molecule has 0 spiro atoms. The van der Waals surface area contributed by atoms with E-state index < -0.39 is 23.6 Å². The zero-order chi connectivity index (χ0) is 16.7. The molecule has 0 saturated heterocycles. The maximum Gasteiger partial charge on any atom is 0.417 e. The number of ether oxygens (including phenoxy) is 2. The van der Waals surface area contributed by atoms with Crippen molar-refractivity contribution in [2.75, 3.05) is 7.11 Å². The molecule has 1 aliphatic heterocycles. The Bertz CT molecular complexity index is 657. The summed E-state index contributed by atoms with van der Waals surface area (Å²) in [6.45, 7) is 7.02. The molecule has 0 radical (unpaired) electrons. The molecule has 0 aliphatic carbocycles. The number of hydrogen-bond donors (Lipinski definition) is 0. The molecule has 2 rings (SSSR count). The summed E-state index contributed by atoms with van der Waals surface area (Å²) in [6, 6.07) is 3.16. The number of esters is 1. The molecule has 0 bridgehead atoms. The predicted molar refractivity (Wildman–Crippen MR) is 78.6 cm³/mol. The van der Waals surface area contributed by atoms with Crippen LogP contribution in [0.25, 0.3) is 0 Å². The first-order chi connectivity index (χ1) is 10.1. The standard InChI is InChI=1S/C16H19NO5/c1-9-6-10(14(19)21-5)7-11-8-17(13(18)12(9)11)15(20)22-16(2,3)4/h6-7H,8H2,1-5H3. The van der Waals surface area contributed by atoms with Gasteiger partial charge >= 0.3 is 12.1 Å². The lowest BCUT2D eigenvalue weighted by Gasteiger charge is -2.23. The number of benzene rings is 1. The Labute approximate surface area is 129 Å². The Balaban J connectivity index is 2.33. The lowest BCUT2D eigenvalue weighted by atomic mass is 10.0. The van der Waals surface area contributed by atoms with Gasteiger partial charge in [-0.2, -0.15) is 0 Å². The molecule has 2 amide bonds. The second-order valence-electron chi connectivity index (χ2n) is 6.19. The molecular formula is C16H19NO5. The Kier molecular flexibility index (Phi) is 3.96. The molecule has 0 unspecified atom stereocenters. The molecule has 0 fully saturated rings. The van der Waals surface area contributed by atoms with Gasteiger partial charge in [-0.15, -0.1) is 0 Å². The summed E-state index contributed by atoms with van der Waals surface area (Å²) in [6.07, 6.45) is -0.687. The molecular weight excluding hydrogens is 286 g/mol. The summed E-state index contributed by atoms with van der Waals surface area (Å²) in [5, 5.41) is 0. The van der Waals surface area contributed by atoms with Crippen molar-refractivity contribution >= 4 is 18.0 Å². The van der Waals surface area contributed by atoms with Crippen LogP contribution in [0.4, 0.5) is 4.79 Å². The van der Waals surface area contributed by atoms with Crippen LogP contribution in [0.15, 0.2) is 12.1 Å². The van der Waals surface area contributed by atoms with Crippen molar-refractivity contribution in [3.63, 3.8) is 0 Å². The van der Waals surface area contributed by atoms with Crippen molar-refractivity contribution in [2.45, 2.75) is 39.8 Å². The van der Waals surface area contributed by atoms with Gasteiger partial charge in [-0.05, 0) is 51.0 Å². The Hall–Kier alpha value is -2.37. The summed E-state index contributed by atoms with van der Waals surface area (Å²) in [5.41, 5.74) is 1.37. The first-order valence-corrected chi connectivity index (χ1v) is 6.90. The van der Waals surface area contributed by atoms with Crippen LogP contribution in [0.3, 0.4) is 0 Å². The summed E-state index contributed by atoms with van der Waals surface area (Å²) in [5.74, 6) is -0.882. The average molecular weight is 305 g/mol. The van der Waals surface area contributed by atoms with Gasteiger partial charge in [0.2, 0.25) is 0 Å². The van der Waals surface area contributed by atoms with Gasteiger partial charge in [0.1, 0.15) is 5.60 Å². The van der Waals surface area contributed by atoms with Crippen LogP contribution in [0.2, 0.25) is 0 Å². The number of carbonyl (C=O) groups excluding carboxylic acids is 3. The van der Waals surface area contributed by atoms with Crippen LogP contribution in [0, 0.1) is 6.92 Å². The van der Waals surface area contributed by atoms with E-state index in [2.05, 4.69) is 4.74 Å². The Morgan fingerprint density at radius 3 is 2.41 bits per heavy atom. The van der Waals surface area contributed by atoms with Crippen molar-refractivity contribution in [3.05, 3.63) is 34.4 Å². The first kappa shape index (κ1) is 16.0. The van der Waals surface area contributed by atoms with E-state index in [9.17, 15) is 14.4 Å². The topological polar surface area (TPSA) is 72.9 Å². The van der Waals surface area contributed by atoms with Gasteiger partial charge in [-0.25, -0.2) is 14.5 Å². The van der Waals surface area contributed by atoms with Crippen molar-refractivity contribution in [1.29, 1.82) is 0 Å². The number of fused-ring (bicyclic) bond motifs is 1. The van der Waals surface area contributed by atoms with Gasteiger partial charge in [-0.1, -0.05) is 0 Å². The van der Waals surface area contributed by atoms with E-state index in [-0.39, 0.29) is 6.54 Å². The third-order valence-electron chi connectivity index (χ3n) is 3.24. The molecule has 6 nitrogen and oxygen atoms in total. The summed E-state index contributed by atoms with van der Waals surface area (Å²) < 4.78 is 9.93. The van der Waals surface area contributed by atoms with Crippen molar-refractivity contribution < 1.29 is 23.9 Å². The van der Waals surface area contributed by atoms with E-state index >= 15 is 0 Å². The molecule has 118 valence electrons. The van der Waals surface area contributed by atoms with Crippen LogP contribution in [-0.4, -0.2) is 35.6 Å².